The van der Waals surface area contributed by atoms with E-state index in [0.29, 0.717) is 13.2 Å². The van der Waals surface area contributed by atoms with Crippen molar-refractivity contribution in [2.45, 2.75) is 37.3 Å². The Hall–Kier alpha value is -7.29. The number of fused-ring (bicyclic) bond motifs is 2. The van der Waals surface area contributed by atoms with Crippen molar-refractivity contribution in [1.29, 1.82) is 0 Å². The van der Waals surface area contributed by atoms with E-state index in [1.54, 1.807) is 0 Å². The number of hydrogen-bond acceptors (Lipinski definition) is 8. The van der Waals surface area contributed by atoms with Crippen LogP contribution in [0, 0.1) is 39.9 Å². The van der Waals surface area contributed by atoms with Crippen LogP contribution in [0.25, 0.3) is 0 Å². The molecule has 538 valence electrons. The molecule has 0 amide bonds. The van der Waals surface area contributed by atoms with Crippen LogP contribution in [-0.4, -0.2) is 49.6 Å². The van der Waals surface area contributed by atoms with Crippen LogP contribution in [0.2, 0.25) is 0 Å². The first kappa shape index (κ1) is 98.8. The van der Waals surface area contributed by atoms with Gasteiger partial charge in [-0.05, 0) is 36.1 Å². The number of hydrogen-bond donors (Lipinski definition) is 0. The molecule has 2 aliphatic heterocycles. The monoisotopic (exact) mass is 1740 g/mol. The van der Waals surface area contributed by atoms with Gasteiger partial charge in [-0.15, -0.1) is 0 Å². The van der Waals surface area contributed by atoms with Crippen LogP contribution in [0.4, 0.5) is 37.7 Å². The normalized spacial score (nSPS) is 12.1. The molecule has 0 aliphatic carbocycles. The van der Waals surface area contributed by atoms with Crippen LogP contribution < -0.4 is 62.0 Å². The zero-order valence-corrected chi connectivity index (χ0v) is 63.4. The Morgan fingerprint density at radius 1 is 0.337 bits per heavy atom. The summed E-state index contributed by atoms with van der Waals surface area (Å²) < 4.78 is 127. The Balaban J connectivity index is 0. The van der Waals surface area contributed by atoms with Crippen LogP contribution in [0.1, 0.15) is 11.1 Å². The third-order valence-electron chi connectivity index (χ3n) is 13.7. The van der Waals surface area contributed by atoms with Gasteiger partial charge >= 0.3 is 80.2 Å². The summed E-state index contributed by atoms with van der Waals surface area (Å²) in [5, 5.41) is 28.0. The molecule has 10 aromatic carbocycles. The number of benzene rings is 10. The van der Waals surface area contributed by atoms with E-state index < -0.39 is 56.7 Å². The third kappa shape index (κ3) is 30.7. The molecule has 0 spiro atoms. The molecule has 0 saturated heterocycles. The second kappa shape index (κ2) is 55.2. The summed E-state index contributed by atoms with van der Waals surface area (Å²) in [5.41, 5.74) is 5.47. The van der Waals surface area contributed by atoms with E-state index in [-0.39, 0.29) is 85.8 Å². The van der Waals surface area contributed by atoms with Crippen molar-refractivity contribution in [3.05, 3.63) is 342 Å². The molecule has 0 saturated carbocycles. The molecular weight excluding hydrogens is 1680 g/mol. The molecule has 0 unspecified atom stereocenters. The molecule has 2 radical (unpaired) electrons. The smallest absolute Gasteiger partial charge is 0.0918 e. The summed E-state index contributed by atoms with van der Waals surface area (Å²) in [6.45, 7) is 28.3. The average Bonchev–Trinajstić information content (AvgIpc) is 1.61. The van der Waals surface area contributed by atoms with Crippen LogP contribution in [-0.2, 0) is 133 Å². The second-order valence-corrected chi connectivity index (χ2v) is 27.7. The fraction of sp³-hybridized carbons (Fsp3) is 0.105. The molecule has 2 heterocycles. The maximum absolute atomic E-state index is 10.5. The summed E-state index contributed by atoms with van der Waals surface area (Å²) in [6, 6.07) is 105. The molecule has 14 nitrogen and oxygen atoms in total. The zero-order chi connectivity index (χ0) is 73.9. The average molecular weight is 1740 g/mol. The predicted octanol–water partition coefficient (Wildman–Crippen LogP) is 11.4. The third-order valence-corrected chi connectivity index (χ3v) is 22.7. The largest absolute Gasteiger partial charge is 0.347 e. The number of nitrogens with zero attached hydrogens (tertiary/aromatic N) is 2. The molecule has 0 N–H and O–H groups in total. The number of rotatable bonds is 16. The quantitative estimate of drug-likeness (QED) is 0.0297. The van der Waals surface area contributed by atoms with Gasteiger partial charge in [-0.1, -0.05) is 279 Å². The predicted molar refractivity (Wildman–Crippen MR) is 367 cm³/mol. The first-order chi connectivity index (χ1) is 48.7. The number of alkyl halides is 6. The molecule has 104 heavy (non-hydrogen) atoms. The maximum Gasteiger partial charge on any atom is 0.0918 e. The van der Waals surface area contributed by atoms with Crippen molar-refractivity contribution in [2.24, 2.45) is 0 Å². The van der Waals surface area contributed by atoms with Gasteiger partial charge < -0.3 is 38.2 Å². The molecule has 10 aromatic rings. The summed E-state index contributed by atoms with van der Waals surface area (Å²) in [5.74, 6) is -6.01. The van der Waals surface area contributed by atoms with Crippen LogP contribution in [0.5, 0.6) is 0 Å². The van der Waals surface area contributed by atoms with Gasteiger partial charge in [0.05, 0.1) is 57.7 Å². The summed E-state index contributed by atoms with van der Waals surface area (Å²) in [7, 11) is -3.33. The number of carboxylic acid groups (broad SMARTS) is 2. The molecule has 0 fully saturated rings. The number of para-hydroxylation sites is 2. The standard InChI is InChI=1S/2C33H29NOP2.2C2HF3O2.6CO.2Cr.2Rh/c2*1-5-16-29(17-6-1)36(30-18-7-2-8-19-30)34-28(25-27-15-13-14-24-33(27)34)26-35-37(31-20-9-3-10-21-31)32-22-11-4-12-23-32;2*3-2(4,5)1(6)7;6*1-2;;;;/h2*1-24,28H,25-26H2;2*(H,6,7);;;;;;;;;;/p-2/t2*28-;;;;;;;;;;;;/m00............/s1. The number of carbonyl (C=O) groups is 2. The molecule has 2 aliphatic rings. The first-order valence-corrected chi connectivity index (χ1v) is 34.2. The molecule has 2 atom stereocenters. The van der Waals surface area contributed by atoms with Crippen molar-refractivity contribution in [3.8, 4) is 0 Å². The fourth-order valence-electron chi connectivity index (χ4n) is 9.93. The van der Waals surface area contributed by atoms with E-state index >= 15 is 0 Å². The topological polar surface area (TPSA) is 225 Å². The number of halogens is 6. The molecule has 0 bridgehead atoms. The van der Waals surface area contributed by atoms with Crippen LogP contribution in [0.3, 0.4) is 0 Å². The second-order valence-electron chi connectivity index (χ2n) is 19.7. The minimum absolute atomic E-state index is 0. The van der Waals surface area contributed by atoms with Gasteiger partial charge in [0.25, 0.3) is 0 Å². The maximum atomic E-state index is 10.5. The van der Waals surface area contributed by atoms with Crippen molar-refractivity contribution in [1.82, 2.24) is 0 Å². The number of aliphatic carboxylic acids is 2. The Kier molecular flexibility index (Phi) is 52.4. The van der Waals surface area contributed by atoms with Crippen molar-refractivity contribution >= 4 is 98.2 Å². The Labute approximate surface area is 652 Å². The van der Waals surface area contributed by atoms with Gasteiger partial charge in [-0.3, -0.25) is 0 Å². The van der Waals surface area contributed by atoms with Gasteiger partial charge in [0, 0.05) is 127 Å². The van der Waals surface area contributed by atoms with E-state index in [2.05, 4.69) is 340 Å². The minimum Gasteiger partial charge on any atom is -0.347 e. The summed E-state index contributed by atoms with van der Waals surface area (Å²) in [4.78, 5) is 17.6. The van der Waals surface area contributed by atoms with E-state index in [1.807, 2.05) is 0 Å². The Bertz CT molecular complexity index is 3660. The van der Waals surface area contributed by atoms with Gasteiger partial charge in [0.1, 0.15) is 11.9 Å². The summed E-state index contributed by atoms with van der Waals surface area (Å²) >= 11 is 0. The zero-order valence-electron chi connectivity index (χ0n) is 54.0. The van der Waals surface area contributed by atoms with E-state index in [4.69, 9.17) is 56.8 Å². The van der Waals surface area contributed by atoms with Gasteiger partial charge in [0.2, 0.25) is 0 Å². The van der Waals surface area contributed by atoms with Gasteiger partial charge in [-0.2, -0.15) is 26.3 Å². The van der Waals surface area contributed by atoms with Crippen molar-refractivity contribution in [2.75, 3.05) is 22.6 Å². The van der Waals surface area contributed by atoms with E-state index in [9.17, 15) is 26.3 Å². The van der Waals surface area contributed by atoms with Crippen molar-refractivity contribution in [3.63, 3.8) is 0 Å². The van der Waals surface area contributed by atoms with Crippen molar-refractivity contribution < 1.29 is 157 Å². The SMILES string of the molecule is O=C([O-])C(F)(F)F.O=C([O-])C(F)(F)F.[C-]#[O+].[C-]#[O+].[C-]#[O+].[C-]#[O+].[C-]#[O+].[C-]#[O+].[Cr].[Cr].[Rh].[Rh].c1ccc(P(OC[C@@H]2Cc3ccccc3N2P(c2ccccc2)c2ccccc2)c2ccccc2)cc1.c1ccc(P(OC[C@@H]2Cc3ccccc3N2P(c2ccccc2)c2ccccc2)c2ccccc2)cc1. The number of anilines is 2. The fourth-order valence-corrected chi connectivity index (χ4v) is 18.7. The minimum atomic E-state index is -5.19. The Morgan fingerprint density at radius 2 is 0.500 bits per heavy atom. The number of carboxylic acids is 2. The van der Waals surface area contributed by atoms with Crippen LogP contribution in [0.15, 0.2) is 291 Å². The Morgan fingerprint density at radius 3 is 0.683 bits per heavy atom. The van der Waals surface area contributed by atoms with Crippen LogP contribution >= 0.6 is 32.4 Å². The van der Waals surface area contributed by atoms with Gasteiger partial charge in [0.15, 0.2) is 0 Å². The molecular formula is C76H58Cr2F6N2O12P4Rh2-2. The van der Waals surface area contributed by atoms with E-state index in [0.717, 1.165) is 12.8 Å². The van der Waals surface area contributed by atoms with Gasteiger partial charge in [-0.25, -0.2) is 0 Å². The molecule has 28 heteroatoms. The summed E-state index contributed by atoms with van der Waals surface area (Å²) in [6.07, 6.45) is -8.41. The van der Waals surface area contributed by atoms with E-state index in [1.165, 1.54) is 64.9 Å². The number of carbonyl (C=O) groups excluding carboxylic acids is 2. The molecule has 0 aromatic heterocycles. The molecule has 12 rings (SSSR count). The first-order valence-electron chi connectivity index (χ1n) is 29.1.